The minimum atomic E-state index is -0.620. The first-order chi connectivity index (χ1) is 10.1. The minimum Gasteiger partial charge on any atom is -0.422 e. The van der Waals surface area contributed by atoms with Crippen molar-refractivity contribution in [1.29, 1.82) is 0 Å². The molecule has 0 spiro atoms. The Morgan fingerprint density at radius 3 is 2.95 bits per heavy atom. The van der Waals surface area contributed by atoms with E-state index in [1.807, 2.05) is 13.0 Å². The summed E-state index contributed by atoms with van der Waals surface area (Å²) >= 11 is 0. The molecular formula is C16H17NO4. The van der Waals surface area contributed by atoms with Gasteiger partial charge in [-0.05, 0) is 31.9 Å². The van der Waals surface area contributed by atoms with Crippen LogP contribution in [0.4, 0.5) is 0 Å². The van der Waals surface area contributed by atoms with Crippen molar-refractivity contribution in [3.05, 3.63) is 46.3 Å². The summed E-state index contributed by atoms with van der Waals surface area (Å²) in [6.45, 7) is 2.61. The monoisotopic (exact) mass is 287 g/mol. The average Bonchev–Trinajstić information content (AvgIpc) is 3.00. The minimum absolute atomic E-state index is 0.0152. The molecule has 0 bridgehead atoms. The van der Waals surface area contributed by atoms with Gasteiger partial charge in [0.2, 0.25) is 0 Å². The first-order valence-corrected chi connectivity index (χ1v) is 7.10. The lowest BCUT2D eigenvalue weighted by Crippen LogP contribution is -2.42. The molecule has 1 saturated heterocycles. The number of carbonyl (C=O) groups is 1. The van der Waals surface area contributed by atoms with Gasteiger partial charge in [-0.25, -0.2) is 4.79 Å². The van der Waals surface area contributed by atoms with E-state index < -0.39 is 11.5 Å². The van der Waals surface area contributed by atoms with Gasteiger partial charge in [0.25, 0.3) is 5.91 Å². The van der Waals surface area contributed by atoms with E-state index in [1.165, 1.54) is 0 Å². The number of amides is 1. The molecule has 1 amide bonds. The second-order valence-corrected chi connectivity index (χ2v) is 5.30. The summed E-state index contributed by atoms with van der Waals surface area (Å²) in [4.78, 5) is 24.2. The molecule has 21 heavy (non-hydrogen) atoms. The van der Waals surface area contributed by atoms with Crippen LogP contribution in [0.2, 0.25) is 0 Å². The Kier molecular flexibility index (Phi) is 3.75. The summed E-state index contributed by atoms with van der Waals surface area (Å²) in [5.74, 6) is -0.419. The van der Waals surface area contributed by atoms with Crippen LogP contribution in [0.15, 0.2) is 39.5 Å². The highest BCUT2D eigenvalue weighted by Crippen LogP contribution is 2.16. The summed E-state index contributed by atoms with van der Waals surface area (Å²) in [6.07, 6.45) is 1.94. The van der Waals surface area contributed by atoms with Gasteiger partial charge in [0.1, 0.15) is 11.1 Å². The third kappa shape index (κ3) is 2.83. The third-order valence-corrected chi connectivity index (χ3v) is 3.77. The Bertz CT molecular complexity index is 716. The number of fused-ring (bicyclic) bond motifs is 1. The smallest absolute Gasteiger partial charge is 0.349 e. The molecule has 1 aromatic heterocycles. The van der Waals surface area contributed by atoms with Gasteiger partial charge in [0.05, 0.1) is 12.1 Å². The zero-order valence-corrected chi connectivity index (χ0v) is 11.8. The Morgan fingerprint density at radius 2 is 2.19 bits per heavy atom. The molecule has 2 atom stereocenters. The van der Waals surface area contributed by atoms with E-state index >= 15 is 0 Å². The lowest BCUT2D eigenvalue weighted by atomic mass is 10.1. The first-order valence-electron chi connectivity index (χ1n) is 7.10. The highest BCUT2D eigenvalue weighted by atomic mass is 16.5. The van der Waals surface area contributed by atoms with Gasteiger partial charge in [-0.2, -0.15) is 0 Å². The molecule has 2 heterocycles. The number of nitrogens with one attached hydrogen (secondary N) is 1. The van der Waals surface area contributed by atoms with E-state index in [1.54, 1.807) is 24.3 Å². The number of para-hydroxylation sites is 1. The zero-order valence-electron chi connectivity index (χ0n) is 11.8. The summed E-state index contributed by atoms with van der Waals surface area (Å²) in [5.41, 5.74) is -0.115. The first kappa shape index (κ1) is 13.8. The predicted octanol–water partition coefficient (Wildman–Crippen LogP) is 2.09. The summed E-state index contributed by atoms with van der Waals surface area (Å²) in [7, 11) is 0. The second-order valence-electron chi connectivity index (χ2n) is 5.30. The van der Waals surface area contributed by atoms with E-state index in [0.717, 1.165) is 24.8 Å². The molecule has 2 aromatic rings. The molecule has 1 aliphatic rings. The second kappa shape index (κ2) is 5.69. The fourth-order valence-electron chi connectivity index (χ4n) is 2.59. The molecule has 5 heteroatoms. The van der Waals surface area contributed by atoms with Crippen molar-refractivity contribution >= 4 is 16.9 Å². The van der Waals surface area contributed by atoms with Crippen LogP contribution in [0.5, 0.6) is 0 Å². The maximum atomic E-state index is 12.2. The van der Waals surface area contributed by atoms with Crippen LogP contribution >= 0.6 is 0 Å². The molecule has 3 rings (SSSR count). The molecule has 1 fully saturated rings. The SMILES string of the molecule is C[C@@H](NC(=O)c1cc2ccccc2oc1=O)[C@@H]1CCCO1. The standard InChI is InChI=1S/C16H17NO4/c1-10(13-7-4-8-20-13)17-15(18)12-9-11-5-2-3-6-14(11)21-16(12)19/h2-3,5-6,9-10,13H,4,7-8H2,1H3,(H,17,18)/t10-,13+/m1/s1. The van der Waals surface area contributed by atoms with Gasteiger partial charge in [-0.15, -0.1) is 0 Å². The van der Waals surface area contributed by atoms with Crippen LogP contribution in [-0.2, 0) is 4.74 Å². The highest BCUT2D eigenvalue weighted by molar-refractivity contribution is 5.96. The molecule has 110 valence electrons. The molecule has 1 aromatic carbocycles. The van der Waals surface area contributed by atoms with Crippen LogP contribution in [0.1, 0.15) is 30.1 Å². The van der Waals surface area contributed by atoms with Crippen molar-refractivity contribution in [2.24, 2.45) is 0 Å². The van der Waals surface area contributed by atoms with Gasteiger partial charge >= 0.3 is 5.63 Å². The van der Waals surface area contributed by atoms with Crippen molar-refractivity contribution in [3.8, 4) is 0 Å². The van der Waals surface area contributed by atoms with E-state index in [0.29, 0.717) is 5.58 Å². The van der Waals surface area contributed by atoms with E-state index in [9.17, 15) is 9.59 Å². The Labute approximate surface area is 121 Å². The molecule has 1 aliphatic heterocycles. The highest BCUT2D eigenvalue weighted by Gasteiger charge is 2.25. The van der Waals surface area contributed by atoms with Crippen molar-refractivity contribution in [2.75, 3.05) is 6.61 Å². The van der Waals surface area contributed by atoms with Gasteiger partial charge in [0.15, 0.2) is 0 Å². The van der Waals surface area contributed by atoms with Crippen molar-refractivity contribution < 1.29 is 13.9 Å². The van der Waals surface area contributed by atoms with Gasteiger partial charge in [-0.3, -0.25) is 4.79 Å². The topological polar surface area (TPSA) is 68.5 Å². The van der Waals surface area contributed by atoms with Crippen LogP contribution in [0, 0.1) is 0 Å². The molecule has 0 saturated carbocycles. The summed E-state index contributed by atoms with van der Waals surface area (Å²) in [5, 5.41) is 3.55. The quantitative estimate of drug-likeness (QED) is 0.878. The third-order valence-electron chi connectivity index (χ3n) is 3.77. The van der Waals surface area contributed by atoms with Crippen molar-refractivity contribution in [3.63, 3.8) is 0 Å². The Hall–Kier alpha value is -2.14. The maximum Gasteiger partial charge on any atom is 0.349 e. The Morgan fingerprint density at radius 1 is 1.38 bits per heavy atom. The van der Waals surface area contributed by atoms with Crippen LogP contribution in [0.25, 0.3) is 11.0 Å². The van der Waals surface area contributed by atoms with E-state index in [2.05, 4.69) is 5.32 Å². The largest absolute Gasteiger partial charge is 0.422 e. The lowest BCUT2D eigenvalue weighted by Gasteiger charge is -2.19. The zero-order chi connectivity index (χ0) is 14.8. The van der Waals surface area contributed by atoms with Crippen LogP contribution in [-0.4, -0.2) is 24.7 Å². The Balaban J connectivity index is 1.83. The number of ether oxygens (including phenoxy) is 1. The molecule has 0 unspecified atom stereocenters. The fraction of sp³-hybridized carbons (Fsp3) is 0.375. The number of benzene rings is 1. The lowest BCUT2D eigenvalue weighted by molar-refractivity contribution is 0.0710. The van der Waals surface area contributed by atoms with Crippen molar-refractivity contribution in [2.45, 2.75) is 31.9 Å². The molecule has 1 N–H and O–H groups in total. The summed E-state index contributed by atoms with van der Waals surface area (Å²) in [6, 6.07) is 8.56. The van der Waals surface area contributed by atoms with Crippen LogP contribution in [0.3, 0.4) is 0 Å². The normalized spacial score (nSPS) is 19.6. The van der Waals surface area contributed by atoms with Gasteiger partial charge < -0.3 is 14.5 Å². The van der Waals surface area contributed by atoms with Gasteiger partial charge in [0, 0.05) is 12.0 Å². The predicted molar refractivity (Wildman–Crippen MR) is 78.4 cm³/mol. The number of hydrogen-bond donors (Lipinski definition) is 1. The van der Waals surface area contributed by atoms with Gasteiger partial charge in [-0.1, -0.05) is 18.2 Å². The van der Waals surface area contributed by atoms with Crippen molar-refractivity contribution in [1.82, 2.24) is 5.32 Å². The number of rotatable bonds is 3. The fourth-order valence-corrected chi connectivity index (χ4v) is 2.59. The van der Waals surface area contributed by atoms with E-state index in [-0.39, 0.29) is 17.7 Å². The number of hydrogen-bond acceptors (Lipinski definition) is 4. The maximum absolute atomic E-state index is 12.2. The molecular weight excluding hydrogens is 270 g/mol. The summed E-state index contributed by atoms with van der Waals surface area (Å²) < 4.78 is 10.7. The number of carbonyl (C=O) groups excluding carboxylic acids is 1. The molecule has 5 nitrogen and oxygen atoms in total. The van der Waals surface area contributed by atoms with Crippen LogP contribution < -0.4 is 10.9 Å². The van der Waals surface area contributed by atoms with E-state index in [4.69, 9.17) is 9.15 Å². The molecule has 0 aliphatic carbocycles. The molecule has 0 radical (unpaired) electrons. The average molecular weight is 287 g/mol.